The number of aromatic amines is 1. The third-order valence-electron chi connectivity index (χ3n) is 6.36. The van der Waals surface area contributed by atoms with Gasteiger partial charge in [0.15, 0.2) is 0 Å². The molecule has 4 rings (SSSR count). The topological polar surface area (TPSA) is 174 Å². The largest absolute Gasteiger partial charge is 0.483 e. The summed E-state index contributed by atoms with van der Waals surface area (Å²) in [6.07, 6.45) is 11.9. The van der Waals surface area contributed by atoms with E-state index < -0.39 is 5.41 Å². The number of imidazole rings is 1. The van der Waals surface area contributed by atoms with Crippen LogP contribution in [-0.2, 0) is 20.9 Å². The number of carboxylic acid groups (broad SMARTS) is 2. The van der Waals surface area contributed by atoms with E-state index in [2.05, 4.69) is 32.4 Å². The average Bonchev–Trinajstić information content (AvgIpc) is 3.57. The van der Waals surface area contributed by atoms with Gasteiger partial charge in [0.1, 0.15) is 0 Å². The Bertz CT molecular complexity index is 915. The lowest BCUT2D eigenvalue weighted by atomic mass is 9.67. The molecule has 13 nitrogen and oxygen atoms in total. The van der Waals surface area contributed by atoms with E-state index in [1.54, 1.807) is 24.9 Å². The van der Waals surface area contributed by atoms with Gasteiger partial charge in [0, 0.05) is 44.8 Å². The number of nitrogens with zero attached hydrogens (tertiary/aromatic N) is 5. The van der Waals surface area contributed by atoms with E-state index >= 15 is 0 Å². The lowest BCUT2D eigenvalue weighted by Gasteiger charge is -2.53. The van der Waals surface area contributed by atoms with Crippen LogP contribution in [0.2, 0.25) is 0 Å². The van der Waals surface area contributed by atoms with Crippen molar-refractivity contribution in [3.05, 3.63) is 36.7 Å². The van der Waals surface area contributed by atoms with Gasteiger partial charge in [-0.1, -0.05) is 0 Å². The highest BCUT2D eigenvalue weighted by Gasteiger charge is 2.53. The molecule has 2 atom stereocenters. The molecule has 2 aromatic heterocycles. The molecule has 4 N–H and O–H groups in total. The third kappa shape index (κ3) is 7.12. The highest BCUT2D eigenvalue weighted by Crippen LogP contribution is 2.43. The summed E-state index contributed by atoms with van der Waals surface area (Å²) in [4.78, 5) is 51.3. The first-order valence-corrected chi connectivity index (χ1v) is 11.3. The van der Waals surface area contributed by atoms with E-state index in [-0.39, 0.29) is 30.8 Å². The molecule has 2 aromatic rings. The Morgan fingerprint density at radius 1 is 1.26 bits per heavy atom. The molecule has 13 heteroatoms. The van der Waals surface area contributed by atoms with E-state index in [0.29, 0.717) is 25.2 Å². The summed E-state index contributed by atoms with van der Waals surface area (Å²) < 4.78 is 2.01. The van der Waals surface area contributed by atoms with E-state index in [1.807, 2.05) is 15.7 Å². The van der Waals surface area contributed by atoms with Gasteiger partial charge >= 0.3 is 0 Å². The molecule has 2 saturated heterocycles. The number of aromatic nitrogens is 4. The number of rotatable bonds is 6. The maximum Gasteiger partial charge on any atom is 0.290 e. The summed E-state index contributed by atoms with van der Waals surface area (Å²) in [6, 6.07) is -0.119. The first-order chi connectivity index (χ1) is 16.9. The second kappa shape index (κ2) is 13.8. The number of carbonyl (C=O) groups is 4. The van der Waals surface area contributed by atoms with Crippen LogP contribution >= 0.6 is 0 Å². The Morgan fingerprint density at radius 3 is 2.63 bits per heavy atom. The summed E-state index contributed by atoms with van der Waals surface area (Å²) in [7, 11) is 2.06. The highest BCUT2D eigenvalue weighted by molar-refractivity contribution is 5.95. The molecule has 0 unspecified atom stereocenters. The van der Waals surface area contributed by atoms with Crippen molar-refractivity contribution in [1.82, 2.24) is 34.9 Å². The number of piperidine rings is 2. The molecule has 0 saturated carbocycles. The predicted octanol–water partition coefficient (Wildman–Crippen LogP) is 0.141. The summed E-state index contributed by atoms with van der Waals surface area (Å²) in [6.45, 7) is 3.21. The minimum Gasteiger partial charge on any atom is -0.483 e. The third-order valence-corrected chi connectivity index (χ3v) is 6.36. The van der Waals surface area contributed by atoms with Crippen LogP contribution in [0.3, 0.4) is 0 Å². The van der Waals surface area contributed by atoms with Crippen molar-refractivity contribution in [3.63, 3.8) is 0 Å². The SMILES string of the molecule is CN1CC[C@]2(C(=O)NCCCn3ccnc3)CCCN(C(=O)c3cn[nH]c3)[C@H]2C1.O=CO.O=CO. The van der Waals surface area contributed by atoms with Crippen molar-refractivity contribution >= 4 is 24.8 Å². The van der Waals surface area contributed by atoms with Gasteiger partial charge < -0.3 is 29.9 Å². The van der Waals surface area contributed by atoms with Gasteiger partial charge in [-0.3, -0.25) is 24.3 Å². The van der Waals surface area contributed by atoms with Gasteiger partial charge in [0.25, 0.3) is 18.9 Å². The lowest BCUT2D eigenvalue weighted by molar-refractivity contribution is -0.142. The van der Waals surface area contributed by atoms with E-state index in [1.165, 1.54) is 0 Å². The van der Waals surface area contributed by atoms with E-state index in [4.69, 9.17) is 19.8 Å². The fraction of sp³-hybridized carbons (Fsp3) is 0.545. The van der Waals surface area contributed by atoms with Gasteiger partial charge in [0.05, 0.1) is 29.5 Å². The van der Waals surface area contributed by atoms with Crippen LogP contribution in [0.15, 0.2) is 31.1 Å². The van der Waals surface area contributed by atoms with Crippen LogP contribution < -0.4 is 5.32 Å². The molecule has 35 heavy (non-hydrogen) atoms. The predicted molar refractivity (Wildman–Crippen MR) is 124 cm³/mol. The van der Waals surface area contributed by atoms with Crippen molar-refractivity contribution in [2.75, 3.05) is 33.2 Å². The fourth-order valence-electron chi connectivity index (χ4n) is 4.74. The number of likely N-dealkylation sites (N-methyl/N-ethyl adjacent to an activating group) is 1. The Morgan fingerprint density at radius 2 is 2.00 bits per heavy atom. The summed E-state index contributed by atoms with van der Waals surface area (Å²) in [5, 5.41) is 23.6. The van der Waals surface area contributed by atoms with E-state index in [0.717, 1.165) is 38.8 Å². The molecule has 0 aromatic carbocycles. The van der Waals surface area contributed by atoms with Crippen molar-refractivity contribution in [3.8, 4) is 0 Å². The van der Waals surface area contributed by atoms with Crippen molar-refractivity contribution in [1.29, 1.82) is 0 Å². The molecular weight excluding hydrogens is 458 g/mol. The maximum atomic E-state index is 13.4. The first kappa shape index (κ1) is 27.5. The van der Waals surface area contributed by atoms with Gasteiger partial charge in [-0.25, -0.2) is 4.98 Å². The number of nitrogens with one attached hydrogen (secondary N) is 2. The quantitative estimate of drug-likeness (QED) is 0.324. The van der Waals surface area contributed by atoms with Crippen molar-refractivity contribution in [2.45, 2.75) is 38.3 Å². The zero-order chi connectivity index (χ0) is 25.7. The average molecular weight is 492 g/mol. The molecule has 0 spiro atoms. The van der Waals surface area contributed by atoms with Crippen molar-refractivity contribution in [2.24, 2.45) is 5.41 Å². The van der Waals surface area contributed by atoms with Crippen molar-refractivity contribution < 1.29 is 29.4 Å². The molecule has 0 radical (unpaired) electrons. The standard InChI is InChI=1S/C20H29N7O2.2CH2O2/c1-25-10-5-20(19(29)22-6-3-8-26-11-7-21-15-26)4-2-9-27(17(20)14-25)18(28)16-12-23-24-13-16;2*2-1-3/h7,11-13,15,17H,2-6,8-10,14H2,1H3,(H,22,29)(H,23,24);2*1H,(H,2,3)/t17-,20+;;/m0../s1. The van der Waals surface area contributed by atoms with Crippen LogP contribution in [0.25, 0.3) is 0 Å². The molecule has 2 amide bonds. The van der Waals surface area contributed by atoms with Crippen LogP contribution in [0.1, 0.15) is 36.0 Å². The van der Waals surface area contributed by atoms with Gasteiger partial charge in [0.2, 0.25) is 5.91 Å². The maximum absolute atomic E-state index is 13.4. The summed E-state index contributed by atoms with van der Waals surface area (Å²) >= 11 is 0. The number of hydrogen-bond acceptors (Lipinski definition) is 7. The smallest absolute Gasteiger partial charge is 0.290 e. The molecule has 2 aliphatic heterocycles. The van der Waals surface area contributed by atoms with Crippen LogP contribution in [0, 0.1) is 5.41 Å². The number of hydrogen-bond donors (Lipinski definition) is 4. The number of fused-ring (bicyclic) bond motifs is 1. The Hall–Kier alpha value is -3.74. The number of H-pyrrole nitrogens is 1. The molecule has 2 aliphatic rings. The first-order valence-electron chi connectivity index (χ1n) is 11.3. The monoisotopic (exact) mass is 491 g/mol. The molecule has 0 bridgehead atoms. The normalized spacial score (nSPS) is 21.3. The Kier molecular flexibility index (Phi) is 10.9. The van der Waals surface area contributed by atoms with E-state index in [9.17, 15) is 9.59 Å². The van der Waals surface area contributed by atoms with Gasteiger partial charge in [-0.2, -0.15) is 5.10 Å². The Labute approximate surface area is 203 Å². The highest BCUT2D eigenvalue weighted by atomic mass is 16.3. The molecule has 4 heterocycles. The summed E-state index contributed by atoms with van der Waals surface area (Å²) in [5.41, 5.74) is 0.0360. The molecule has 0 aliphatic carbocycles. The number of likely N-dealkylation sites (tertiary alicyclic amines) is 2. The van der Waals surface area contributed by atoms with Gasteiger partial charge in [-0.15, -0.1) is 0 Å². The van der Waals surface area contributed by atoms with Gasteiger partial charge in [-0.05, 0) is 39.3 Å². The second-order valence-corrected chi connectivity index (χ2v) is 8.39. The fourth-order valence-corrected chi connectivity index (χ4v) is 4.74. The minimum atomic E-state index is -0.515. The Balaban J connectivity index is 0.000000655. The number of carbonyl (C=O) groups excluding carboxylic acids is 2. The minimum absolute atomic E-state index is 0.0453. The second-order valence-electron chi connectivity index (χ2n) is 8.39. The zero-order valence-corrected chi connectivity index (χ0v) is 19.7. The molecule has 192 valence electrons. The molecule has 2 fully saturated rings. The van der Waals surface area contributed by atoms with Crippen LogP contribution in [0.5, 0.6) is 0 Å². The zero-order valence-electron chi connectivity index (χ0n) is 19.7. The molecular formula is C22H33N7O6. The van der Waals surface area contributed by atoms with Crippen LogP contribution in [0.4, 0.5) is 0 Å². The van der Waals surface area contributed by atoms with Crippen LogP contribution in [-0.4, -0.2) is 104 Å². The lowest BCUT2D eigenvalue weighted by Crippen LogP contribution is -2.66. The number of aryl methyl sites for hydroxylation is 1. The summed E-state index contributed by atoms with van der Waals surface area (Å²) in [5.74, 6) is 0.0435. The number of amides is 2.